The van der Waals surface area contributed by atoms with Crippen LogP contribution in [-0.4, -0.2) is 11.9 Å². The van der Waals surface area contributed by atoms with Crippen molar-refractivity contribution >= 4 is 5.91 Å². The van der Waals surface area contributed by atoms with Crippen LogP contribution in [0.1, 0.15) is 42.7 Å². The summed E-state index contributed by atoms with van der Waals surface area (Å²) in [4.78, 5) is 11.1. The molecule has 2 fully saturated rings. The molecule has 16 heavy (non-hydrogen) atoms. The van der Waals surface area contributed by atoms with Gasteiger partial charge in [0.25, 0.3) is 0 Å². The van der Waals surface area contributed by atoms with E-state index in [0.29, 0.717) is 12.5 Å². The van der Waals surface area contributed by atoms with Gasteiger partial charge in [-0.05, 0) is 42.7 Å². The van der Waals surface area contributed by atoms with Gasteiger partial charge in [-0.15, -0.1) is 0 Å². The van der Waals surface area contributed by atoms with Gasteiger partial charge in [0.05, 0.1) is 0 Å². The molecular weight excluding hydrogens is 198 g/mol. The van der Waals surface area contributed by atoms with Crippen molar-refractivity contribution in [2.75, 3.05) is 0 Å². The van der Waals surface area contributed by atoms with E-state index in [1.54, 1.807) is 0 Å². The molecule has 0 radical (unpaired) electrons. The molecule has 0 aromatic heterocycles. The molecule has 3 rings (SSSR count). The molecule has 1 atom stereocenters. The zero-order chi connectivity index (χ0) is 11.0. The molecule has 84 valence electrons. The summed E-state index contributed by atoms with van der Waals surface area (Å²) in [5, 5.41) is 3.01. The van der Waals surface area contributed by atoms with Gasteiger partial charge in [0, 0.05) is 12.5 Å². The smallest absolute Gasteiger partial charge is 0.220 e. The first-order valence-electron chi connectivity index (χ1n) is 6.19. The van der Waals surface area contributed by atoms with Gasteiger partial charge in [-0.2, -0.15) is 0 Å². The van der Waals surface area contributed by atoms with E-state index in [1.165, 1.54) is 24.0 Å². The third-order valence-corrected chi connectivity index (χ3v) is 3.60. The maximum Gasteiger partial charge on any atom is 0.220 e. The molecular formula is C14H17NO. The van der Waals surface area contributed by atoms with E-state index in [1.807, 2.05) is 0 Å². The van der Waals surface area contributed by atoms with Gasteiger partial charge in [-0.25, -0.2) is 0 Å². The van der Waals surface area contributed by atoms with Crippen molar-refractivity contribution < 1.29 is 4.79 Å². The molecule has 2 heteroatoms. The maximum absolute atomic E-state index is 11.1. The van der Waals surface area contributed by atoms with Crippen molar-refractivity contribution in [2.45, 2.75) is 44.1 Å². The Morgan fingerprint density at radius 3 is 2.44 bits per heavy atom. The minimum atomic E-state index is 0.208. The summed E-state index contributed by atoms with van der Waals surface area (Å²) < 4.78 is 0. The SMILES string of the molecule is O=C1CCC(Cc2ccc(C3CC3)cc2)N1. The monoisotopic (exact) mass is 215 g/mol. The Kier molecular flexibility index (Phi) is 2.43. The van der Waals surface area contributed by atoms with Crippen LogP contribution in [-0.2, 0) is 11.2 Å². The Labute approximate surface area is 96.1 Å². The van der Waals surface area contributed by atoms with E-state index in [4.69, 9.17) is 0 Å². The Bertz CT molecular complexity index is 392. The Balaban J connectivity index is 1.63. The average molecular weight is 215 g/mol. The summed E-state index contributed by atoms with van der Waals surface area (Å²) in [5.74, 6) is 1.04. The van der Waals surface area contributed by atoms with Crippen LogP contribution in [0.5, 0.6) is 0 Å². The second-order valence-corrected chi connectivity index (χ2v) is 5.02. The first-order valence-corrected chi connectivity index (χ1v) is 6.19. The number of carbonyl (C=O) groups is 1. The highest BCUT2D eigenvalue weighted by atomic mass is 16.1. The van der Waals surface area contributed by atoms with Gasteiger partial charge >= 0.3 is 0 Å². The molecule has 1 aromatic rings. The average Bonchev–Trinajstić information content (AvgIpc) is 3.05. The van der Waals surface area contributed by atoms with Gasteiger partial charge in [-0.3, -0.25) is 4.79 Å². The minimum Gasteiger partial charge on any atom is -0.353 e. The second-order valence-electron chi connectivity index (χ2n) is 5.02. The third-order valence-electron chi connectivity index (χ3n) is 3.60. The highest BCUT2D eigenvalue weighted by molar-refractivity contribution is 5.78. The zero-order valence-electron chi connectivity index (χ0n) is 9.41. The van der Waals surface area contributed by atoms with Crippen LogP contribution >= 0.6 is 0 Å². The fourth-order valence-electron chi connectivity index (χ4n) is 2.46. The Morgan fingerprint density at radius 2 is 1.88 bits per heavy atom. The quantitative estimate of drug-likeness (QED) is 0.824. The molecule has 1 aliphatic heterocycles. The van der Waals surface area contributed by atoms with Crippen molar-refractivity contribution in [3.63, 3.8) is 0 Å². The number of amides is 1. The Hall–Kier alpha value is -1.31. The molecule has 1 amide bonds. The molecule has 2 nitrogen and oxygen atoms in total. The van der Waals surface area contributed by atoms with Gasteiger partial charge in [0.1, 0.15) is 0 Å². The van der Waals surface area contributed by atoms with Crippen LogP contribution in [0, 0.1) is 0 Å². The summed E-state index contributed by atoms with van der Waals surface area (Å²) in [6, 6.07) is 9.31. The van der Waals surface area contributed by atoms with E-state index in [9.17, 15) is 4.79 Å². The predicted octanol–water partition coefficient (Wildman–Crippen LogP) is 2.39. The Morgan fingerprint density at radius 1 is 1.12 bits per heavy atom. The standard InChI is InChI=1S/C14H17NO/c16-14-8-7-13(15-14)9-10-1-3-11(4-2-10)12-5-6-12/h1-4,12-13H,5-9H2,(H,15,16). The predicted molar refractivity (Wildman–Crippen MR) is 63.3 cm³/mol. The van der Waals surface area contributed by atoms with Gasteiger partial charge in [0.2, 0.25) is 5.91 Å². The normalized spacial score (nSPS) is 24.5. The number of hydrogen-bond acceptors (Lipinski definition) is 1. The summed E-state index contributed by atoms with van der Waals surface area (Å²) in [6.45, 7) is 0. The fourth-order valence-corrected chi connectivity index (χ4v) is 2.46. The molecule has 1 saturated carbocycles. The molecule has 1 unspecified atom stereocenters. The van der Waals surface area contributed by atoms with E-state index in [-0.39, 0.29) is 5.91 Å². The van der Waals surface area contributed by atoms with Crippen LogP contribution in [0.2, 0.25) is 0 Å². The van der Waals surface area contributed by atoms with Crippen molar-refractivity contribution in [1.29, 1.82) is 0 Å². The first kappa shape index (κ1) is 9.88. The summed E-state index contributed by atoms with van der Waals surface area (Å²) in [5.41, 5.74) is 2.83. The van der Waals surface area contributed by atoms with Crippen LogP contribution in [0.15, 0.2) is 24.3 Å². The zero-order valence-corrected chi connectivity index (χ0v) is 9.41. The number of hydrogen-bond donors (Lipinski definition) is 1. The van der Waals surface area contributed by atoms with Crippen LogP contribution in [0.25, 0.3) is 0 Å². The van der Waals surface area contributed by atoms with Crippen molar-refractivity contribution in [1.82, 2.24) is 5.32 Å². The second kappa shape index (κ2) is 3.93. The lowest BCUT2D eigenvalue weighted by atomic mass is 10.0. The molecule has 0 bridgehead atoms. The number of rotatable bonds is 3. The van der Waals surface area contributed by atoms with Crippen molar-refractivity contribution in [3.8, 4) is 0 Å². The van der Waals surface area contributed by atoms with Gasteiger partial charge in [0.15, 0.2) is 0 Å². The third kappa shape index (κ3) is 2.11. The van der Waals surface area contributed by atoms with E-state index in [2.05, 4.69) is 29.6 Å². The van der Waals surface area contributed by atoms with Gasteiger partial charge < -0.3 is 5.32 Å². The lowest BCUT2D eigenvalue weighted by Gasteiger charge is -2.10. The van der Waals surface area contributed by atoms with Crippen LogP contribution < -0.4 is 5.32 Å². The van der Waals surface area contributed by atoms with Crippen molar-refractivity contribution in [2.24, 2.45) is 0 Å². The molecule has 1 heterocycles. The number of benzene rings is 1. The van der Waals surface area contributed by atoms with E-state index in [0.717, 1.165) is 18.8 Å². The molecule has 1 saturated heterocycles. The fraction of sp³-hybridized carbons (Fsp3) is 0.500. The van der Waals surface area contributed by atoms with E-state index >= 15 is 0 Å². The molecule has 1 N–H and O–H groups in total. The summed E-state index contributed by atoms with van der Waals surface area (Å²) >= 11 is 0. The first-order chi connectivity index (χ1) is 7.81. The molecule has 1 aromatic carbocycles. The topological polar surface area (TPSA) is 29.1 Å². The van der Waals surface area contributed by atoms with Crippen LogP contribution in [0.4, 0.5) is 0 Å². The van der Waals surface area contributed by atoms with Gasteiger partial charge in [-0.1, -0.05) is 24.3 Å². The molecule has 2 aliphatic rings. The molecule has 0 spiro atoms. The lowest BCUT2D eigenvalue weighted by Crippen LogP contribution is -2.27. The summed E-state index contributed by atoms with van der Waals surface area (Å²) in [6.07, 6.45) is 5.39. The lowest BCUT2D eigenvalue weighted by molar-refractivity contribution is -0.119. The largest absolute Gasteiger partial charge is 0.353 e. The van der Waals surface area contributed by atoms with Crippen LogP contribution in [0.3, 0.4) is 0 Å². The van der Waals surface area contributed by atoms with E-state index < -0.39 is 0 Å². The number of nitrogens with one attached hydrogen (secondary N) is 1. The molecule has 1 aliphatic carbocycles. The summed E-state index contributed by atoms with van der Waals surface area (Å²) in [7, 11) is 0. The highest BCUT2D eigenvalue weighted by Gasteiger charge is 2.24. The number of carbonyl (C=O) groups excluding carboxylic acids is 1. The highest BCUT2D eigenvalue weighted by Crippen LogP contribution is 2.39. The van der Waals surface area contributed by atoms with Crippen molar-refractivity contribution in [3.05, 3.63) is 35.4 Å². The maximum atomic E-state index is 11.1. The minimum absolute atomic E-state index is 0.208.